The highest BCUT2D eigenvalue weighted by molar-refractivity contribution is 5.88. The third-order valence-electron chi connectivity index (χ3n) is 4.33. The average Bonchev–Trinajstić information content (AvgIpc) is 2.59. The van der Waals surface area contributed by atoms with Gasteiger partial charge in [-0.15, -0.1) is 0 Å². The number of nitrogens with one attached hydrogen (secondary N) is 2. The molecule has 1 fully saturated rings. The lowest BCUT2D eigenvalue weighted by Gasteiger charge is -2.21. The maximum atomic E-state index is 11.9. The molecule has 1 atom stereocenters. The van der Waals surface area contributed by atoms with E-state index in [-0.39, 0.29) is 12.5 Å². The standard InChI is InChI=1S/C18H24N2O4/c21-15(11-13-7-3-1-4-8-13)19-12-16(22)20-17(18(23)24)14-9-5-2-6-10-14/h2,5-6,9-10,13,17H,1,3-4,7-8,11-12H2,(H,19,21)(H,20,22)(H,23,24). The maximum absolute atomic E-state index is 11.9. The Balaban J connectivity index is 1.78. The Morgan fingerprint density at radius 2 is 1.71 bits per heavy atom. The second-order valence-corrected chi connectivity index (χ2v) is 6.23. The highest BCUT2D eigenvalue weighted by Gasteiger charge is 2.22. The molecular weight excluding hydrogens is 308 g/mol. The van der Waals surface area contributed by atoms with Gasteiger partial charge in [0.2, 0.25) is 11.8 Å². The predicted molar refractivity (Wildman–Crippen MR) is 89.2 cm³/mol. The molecule has 0 aromatic heterocycles. The quantitative estimate of drug-likeness (QED) is 0.712. The maximum Gasteiger partial charge on any atom is 0.330 e. The molecule has 0 radical (unpaired) electrons. The van der Waals surface area contributed by atoms with E-state index in [4.69, 9.17) is 0 Å². The van der Waals surface area contributed by atoms with Crippen molar-refractivity contribution >= 4 is 17.8 Å². The minimum Gasteiger partial charge on any atom is -0.479 e. The van der Waals surface area contributed by atoms with Gasteiger partial charge in [-0.25, -0.2) is 4.79 Å². The van der Waals surface area contributed by atoms with Gasteiger partial charge in [0, 0.05) is 6.42 Å². The number of carbonyl (C=O) groups excluding carboxylic acids is 2. The highest BCUT2D eigenvalue weighted by atomic mass is 16.4. The third kappa shape index (κ3) is 5.68. The molecule has 2 amide bonds. The summed E-state index contributed by atoms with van der Waals surface area (Å²) in [5.41, 5.74) is 0.492. The minimum absolute atomic E-state index is 0.149. The van der Waals surface area contributed by atoms with Crippen LogP contribution < -0.4 is 10.6 Å². The molecule has 1 aromatic carbocycles. The van der Waals surface area contributed by atoms with Gasteiger partial charge in [-0.3, -0.25) is 9.59 Å². The van der Waals surface area contributed by atoms with Crippen LogP contribution in [-0.4, -0.2) is 29.4 Å². The van der Waals surface area contributed by atoms with Crippen LogP contribution in [0.25, 0.3) is 0 Å². The lowest BCUT2D eigenvalue weighted by Crippen LogP contribution is -2.41. The first kappa shape index (κ1) is 18.0. The molecule has 0 spiro atoms. The summed E-state index contributed by atoms with van der Waals surface area (Å²) in [5.74, 6) is -1.40. The van der Waals surface area contributed by atoms with Crippen LogP contribution in [0.15, 0.2) is 30.3 Å². The van der Waals surface area contributed by atoms with Crippen molar-refractivity contribution in [1.29, 1.82) is 0 Å². The van der Waals surface area contributed by atoms with E-state index in [1.165, 1.54) is 6.42 Å². The number of hydrogen-bond acceptors (Lipinski definition) is 3. The van der Waals surface area contributed by atoms with E-state index >= 15 is 0 Å². The molecule has 1 aliphatic carbocycles. The Morgan fingerprint density at radius 3 is 2.33 bits per heavy atom. The fourth-order valence-corrected chi connectivity index (χ4v) is 3.05. The van der Waals surface area contributed by atoms with Crippen molar-refractivity contribution in [3.63, 3.8) is 0 Å². The smallest absolute Gasteiger partial charge is 0.330 e. The van der Waals surface area contributed by atoms with Gasteiger partial charge in [-0.2, -0.15) is 0 Å². The first-order chi connectivity index (χ1) is 11.6. The molecule has 2 rings (SSSR count). The molecule has 6 nitrogen and oxygen atoms in total. The summed E-state index contributed by atoms with van der Waals surface area (Å²) in [5, 5.41) is 14.3. The lowest BCUT2D eigenvalue weighted by molar-refractivity contribution is -0.142. The topological polar surface area (TPSA) is 95.5 Å². The van der Waals surface area contributed by atoms with E-state index in [0.717, 1.165) is 25.7 Å². The summed E-state index contributed by atoms with van der Waals surface area (Å²) in [4.78, 5) is 35.2. The first-order valence-corrected chi connectivity index (χ1v) is 8.40. The van der Waals surface area contributed by atoms with Crippen molar-refractivity contribution < 1.29 is 19.5 Å². The summed E-state index contributed by atoms with van der Waals surface area (Å²) < 4.78 is 0. The molecule has 0 bridgehead atoms. The Bertz CT molecular complexity index is 568. The van der Waals surface area contributed by atoms with Crippen molar-refractivity contribution in [3.05, 3.63) is 35.9 Å². The number of rotatable bonds is 7. The lowest BCUT2D eigenvalue weighted by atomic mass is 9.87. The van der Waals surface area contributed by atoms with Crippen molar-refractivity contribution in [3.8, 4) is 0 Å². The highest BCUT2D eigenvalue weighted by Crippen LogP contribution is 2.25. The summed E-state index contributed by atoms with van der Waals surface area (Å²) in [6.07, 6.45) is 6.12. The van der Waals surface area contributed by atoms with Gasteiger partial charge in [0.25, 0.3) is 0 Å². The molecule has 1 saturated carbocycles. The fraction of sp³-hybridized carbons (Fsp3) is 0.500. The van der Waals surface area contributed by atoms with Crippen molar-refractivity contribution in [2.45, 2.75) is 44.6 Å². The normalized spacial score (nSPS) is 16.2. The predicted octanol–water partition coefficient (Wildman–Crippen LogP) is 2.02. The molecule has 1 aromatic rings. The van der Waals surface area contributed by atoms with Crippen molar-refractivity contribution in [1.82, 2.24) is 10.6 Å². The third-order valence-corrected chi connectivity index (χ3v) is 4.33. The van der Waals surface area contributed by atoms with Crippen molar-refractivity contribution in [2.75, 3.05) is 6.54 Å². The summed E-state index contributed by atoms with van der Waals surface area (Å²) >= 11 is 0. The van der Waals surface area contributed by atoms with Crippen LogP contribution in [0.4, 0.5) is 0 Å². The molecular formula is C18H24N2O4. The molecule has 1 aliphatic rings. The zero-order valence-corrected chi connectivity index (χ0v) is 13.7. The van der Waals surface area contributed by atoms with Crippen LogP contribution >= 0.6 is 0 Å². The number of carboxylic acids is 1. The molecule has 6 heteroatoms. The van der Waals surface area contributed by atoms with Gasteiger partial charge >= 0.3 is 5.97 Å². The minimum atomic E-state index is -1.14. The number of amides is 2. The van der Waals surface area contributed by atoms with E-state index in [1.807, 2.05) is 0 Å². The molecule has 24 heavy (non-hydrogen) atoms. The van der Waals surface area contributed by atoms with Gasteiger partial charge in [0.05, 0.1) is 6.54 Å². The van der Waals surface area contributed by atoms with Crippen LogP contribution in [0.1, 0.15) is 50.1 Å². The molecule has 1 unspecified atom stereocenters. The molecule has 0 saturated heterocycles. The largest absolute Gasteiger partial charge is 0.479 e. The first-order valence-electron chi connectivity index (χ1n) is 8.40. The van der Waals surface area contributed by atoms with Gasteiger partial charge in [-0.1, -0.05) is 49.6 Å². The van der Waals surface area contributed by atoms with E-state index in [2.05, 4.69) is 10.6 Å². The summed E-state index contributed by atoms with van der Waals surface area (Å²) in [6, 6.07) is 7.36. The van der Waals surface area contributed by atoms with Gasteiger partial charge in [0.1, 0.15) is 0 Å². The Kier molecular flexibility index (Phi) is 6.78. The molecule has 3 N–H and O–H groups in total. The number of carbonyl (C=O) groups is 3. The zero-order chi connectivity index (χ0) is 17.4. The average molecular weight is 332 g/mol. The summed E-state index contributed by atoms with van der Waals surface area (Å²) in [7, 11) is 0. The number of aliphatic carboxylic acids is 1. The zero-order valence-electron chi connectivity index (χ0n) is 13.7. The van der Waals surface area contributed by atoms with Crippen LogP contribution in [0.3, 0.4) is 0 Å². The van der Waals surface area contributed by atoms with Crippen molar-refractivity contribution in [2.24, 2.45) is 5.92 Å². The fourth-order valence-electron chi connectivity index (χ4n) is 3.05. The summed E-state index contributed by atoms with van der Waals surface area (Å²) in [6.45, 7) is -0.206. The Labute approximate surface area is 141 Å². The van der Waals surface area contributed by atoms with Crippen LogP contribution in [-0.2, 0) is 14.4 Å². The number of hydrogen-bond donors (Lipinski definition) is 3. The van der Waals surface area contributed by atoms with Gasteiger partial charge < -0.3 is 15.7 Å². The number of benzene rings is 1. The van der Waals surface area contributed by atoms with Crippen LogP contribution in [0, 0.1) is 5.92 Å². The second kappa shape index (κ2) is 9.05. The molecule has 0 aliphatic heterocycles. The van der Waals surface area contributed by atoms with E-state index in [1.54, 1.807) is 30.3 Å². The van der Waals surface area contributed by atoms with Gasteiger partial charge in [0.15, 0.2) is 6.04 Å². The Hall–Kier alpha value is -2.37. The van der Waals surface area contributed by atoms with Gasteiger partial charge in [-0.05, 0) is 24.3 Å². The second-order valence-electron chi connectivity index (χ2n) is 6.23. The van der Waals surface area contributed by atoms with E-state index in [0.29, 0.717) is 17.9 Å². The van der Waals surface area contributed by atoms with Crippen LogP contribution in [0.5, 0.6) is 0 Å². The molecule has 0 heterocycles. The number of carboxylic acid groups (broad SMARTS) is 1. The monoisotopic (exact) mass is 332 g/mol. The Morgan fingerprint density at radius 1 is 1.04 bits per heavy atom. The van der Waals surface area contributed by atoms with E-state index < -0.39 is 17.9 Å². The molecule has 130 valence electrons. The van der Waals surface area contributed by atoms with E-state index in [9.17, 15) is 19.5 Å². The SMILES string of the molecule is O=C(CC1CCCCC1)NCC(=O)NC(C(=O)O)c1ccccc1. The van der Waals surface area contributed by atoms with Crippen LogP contribution in [0.2, 0.25) is 0 Å².